The lowest BCUT2D eigenvalue weighted by atomic mass is 10.1. The van der Waals surface area contributed by atoms with E-state index in [1.165, 1.54) is 6.08 Å². The summed E-state index contributed by atoms with van der Waals surface area (Å²) < 4.78 is 0. The highest BCUT2D eigenvalue weighted by molar-refractivity contribution is 7.80. The first-order valence-corrected chi connectivity index (χ1v) is 4.57. The number of aliphatic carboxylic acids is 1. The van der Waals surface area contributed by atoms with Gasteiger partial charge >= 0.3 is 5.97 Å². The molecule has 0 heterocycles. The molecule has 0 bridgehead atoms. The Kier molecular flexibility index (Phi) is 3.82. The molecule has 0 aliphatic heterocycles. The van der Waals surface area contributed by atoms with Crippen LogP contribution in [0, 0.1) is 0 Å². The molecule has 0 amide bonds. The van der Waals surface area contributed by atoms with Crippen molar-refractivity contribution in [3.05, 3.63) is 35.9 Å². The third-order valence-corrected chi connectivity index (χ3v) is 1.73. The van der Waals surface area contributed by atoms with Gasteiger partial charge in [-0.2, -0.15) is 0 Å². The Balaban J connectivity index is 2.95. The molecular formula is C10H10N2O2S. The van der Waals surface area contributed by atoms with Gasteiger partial charge in [0, 0.05) is 11.8 Å². The number of nitrogens with one attached hydrogen (secondary N) is 1. The van der Waals surface area contributed by atoms with Crippen LogP contribution in [0.25, 0.3) is 6.08 Å². The first-order chi connectivity index (χ1) is 7.09. The Morgan fingerprint density at radius 2 is 2.13 bits per heavy atom. The fourth-order valence-corrected chi connectivity index (χ4v) is 1.16. The van der Waals surface area contributed by atoms with Crippen LogP contribution < -0.4 is 11.1 Å². The summed E-state index contributed by atoms with van der Waals surface area (Å²) in [6.07, 6.45) is 2.53. The maximum atomic E-state index is 10.3. The number of benzene rings is 1. The molecule has 5 heteroatoms. The predicted octanol–water partition coefficient (Wildman–Crippen LogP) is 1.44. The van der Waals surface area contributed by atoms with E-state index in [2.05, 4.69) is 5.32 Å². The summed E-state index contributed by atoms with van der Waals surface area (Å²) in [6, 6.07) is 7.13. The van der Waals surface area contributed by atoms with Crippen LogP contribution in [0.15, 0.2) is 30.3 Å². The first-order valence-electron chi connectivity index (χ1n) is 4.16. The normalized spacial score (nSPS) is 10.1. The van der Waals surface area contributed by atoms with Gasteiger partial charge in [0.1, 0.15) is 0 Å². The van der Waals surface area contributed by atoms with Crippen LogP contribution in [0.1, 0.15) is 5.56 Å². The molecule has 0 saturated heterocycles. The molecule has 78 valence electrons. The maximum absolute atomic E-state index is 10.3. The number of carbonyl (C=O) groups is 1. The third kappa shape index (κ3) is 3.78. The number of carboxylic acids is 1. The summed E-state index contributed by atoms with van der Waals surface area (Å²) >= 11 is 4.70. The average molecular weight is 222 g/mol. The van der Waals surface area contributed by atoms with Crippen LogP contribution >= 0.6 is 12.2 Å². The Hall–Kier alpha value is -1.88. The summed E-state index contributed by atoms with van der Waals surface area (Å²) in [6.45, 7) is 0. The number of hydrogen-bond acceptors (Lipinski definition) is 2. The van der Waals surface area contributed by atoms with E-state index in [4.69, 9.17) is 23.1 Å². The second-order valence-electron chi connectivity index (χ2n) is 2.75. The third-order valence-electron chi connectivity index (χ3n) is 1.62. The molecule has 0 aliphatic rings. The van der Waals surface area contributed by atoms with Crippen molar-refractivity contribution in [3.63, 3.8) is 0 Å². The highest BCUT2D eigenvalue weighted by Crippen LogP contribution is 2.16. The highest BCUT2D eigenvalue weighted by Gasteiger charge is 1.98. The Bertz CT molecular complexity index is 416. The van der Waals surface area contributed by atoms with E-state index in [1.54, 1.807) is 24.3 Å². The summed E-state index contributed by atoms with van der Waals surface area (Å²) in [5.74, 6) is -1.000. The van der Waals surface area contributed by atoms with Gasteiger partial charge in [-0.3, -0.25) is 0 Å². The van der Waals surface area contributed by atoms with Gasteiger partial charge in [-0.25, -0.2) is 4.79 Å². The molecule has 0 spiro atoms. The van der Waals surface area contributed by atoms with Crippen LogP contribution in [0.4, 0.5) is 5.69 Å². The standard InChI is InChI=1S/C10H10N2O2S/c11-10(15)12-8-4-2-1-3-7(8)5-6-9(13)14/h1-6H,(H,13,14)(H3,11,12,15). The van der Waals surface area contributed by atoms with Crippen molar-refractivity contribution < 1.29 is 9.90 Å². The monoisotopic (exact) mass is 222 g/mol. The van der Waals surface area contributed by atoms with Crippen molar-refractivity contribution in [2.24, 2.45) is 5.73 Å². The van der Waals surface area contributed by atoms with E-state index in [1.807, 2.05) is 0 Å². The molecule has 4 N–H and O–H groups in total. The van der Waals surface area contributed by atoms with Crippen LogP contribution in [0.5, 0.6) is 0 Å². The maximum Gasteiger partial charge on any atom is 0.328 e. The van der Waals surface area contributed by atoms with Crippen molar-refractivity contribution >= 4 is 35.1 Å². The molecule has 1 aromatic carbocycles. The average Bonchev–Trinajstić information content (AvgIpc) is 2.15. The van der Waals surface area contributed by atoms with Gasteiger partial charge in [0.05, 0.1) is 0 Å². The molecule has 15 heavy (non-hydrogen) atoms. The molecule has 0 fully saturated rings. The van der Waals surface area contributed by atoms with Gasteiger partial charge in [0.25, 0.3) is 0 Å². The number of thiocarbonyl (C=S) groups is 1. The van der Waals surface area contributed by atoms with Crippen LogP contribution in [-0.4, -0.2) is 16.2 Å². The van der Waals surface area contributed by atoms with Gasteiger partial charge in [0.2, 0.25) is 0 Å². The molecule has 4 nitrogen and oxygen atoms in total. The van der Waals surface area contributed by atoms with Crippen LogP contribution in [-0.2, 0) is 4.79 Å². The van der Waals surface area contributed by atoms with Gasteiger partial charge < -0.3 is 16.2 Å². The van der Waals surface area contributed by atoms with E-state index in [9.17, 15) is 4.79 Å². The quantitative estimate of drug-likeness (QED) is 0.533. The second-order valence-corrected chi connectivity index (χ2v) is 3.19. The zero-order valence-electron chi connectivity index (χ0n) is 7.81. The molecule has 0 unspecified atom stereocenters. The fourth-order valence-electron chi connectivity index (χ4n) is 1.05. The van der Waals surface area contributed by atoms with Crippen molar-refractivity contribution in [1.82, 2.24) is 0 Å². The number of rotatable bonds is 3. The Morgan fingerprint density at radius 1 is 1.47 bits per heavy atom. The molecule has 0 atom stereocenters. The van der Waals surface area contributed by atoms with Gasteiger partial charge in [-0.05, 0) is 29.9 Å². The lowest BCUT2D eigenvalue weighted by Crippen LogP contribution is -2.19. The number of para-hydroxylation sites is 1. The Morgan fingerprint density at radius 3 is 2.73 bits per heavy atom. The molecule has 0 aromatic heterocycles. The SMILES string of the molecule is NC(=S)Nc1ccccc1C=CC(=O)O. The molecule has 0 saturated carbocycles. The van der Waals surface area contributed by atoms with E-state index >= 15 is 0 Å². The van der Waals surface area contributed by atoms with Gasteiger partial charge in [-0.15, -0.1) is 0 Å². The van der Waals surface area contributed by atoms with Crippen LogP contribution in [0.2, 0.25) is 0 Å². The number of carboxylic acid groups (broad SMARTS) is 1. The minimum atomic E-state index is -1.000. The zero-order valence-corrected chi connectivity index (χ0v) is 8.62. The molecular weight excluding hydrogens is 212 g/mol. The lowest BCUT2D eigenvalue weighted by molar-refractivity contribution is -0.131. The molecule has 0 radical (unpaired) electrons. The predicted molar refractivity (Wildman–Crippen MR) is 63.5 cm³/mol. The molecule has 1 rings (SSSR count). The van der Waals surface area contributed by atoms with Crippen LogP contribution in [0.3, 0.4) is 0 Å². The van der Waals surface area contributed by atoms with Crippen molar-refractivity contribution in [1.29, 1.82) is 0 Å². The summed E-state index contributed by atoms with van der Waals surface area (Å²) in [5.41, 5.74) is 6.73. The van der Waals surface area contributed by atoms with E-state index in [-0.39, 0.29) is 5.11 Å². The van der Waals surface area contributed by atoms with E-state index in [0.717, 1.165) is 6.08 Å². The minimum Gasteiger partial charge on any atom is -0.478 e. The molecule has 1 aromatic rings. The molecule has 0 aliphatic carbocycles. The second kappa shape index (κ2) is 5.11. The summed E-state index contributed by atoms with van der Waals surface area (Å²) in [5, 5.41) is 11.4. The van der Waals surface area contributed by atoms with Gasteiger partial charge in [0.15, 0.2) is 5.11 Å². The number of anilines is 1. The minimum absolute atomic E-state index is 0.145. The number of hydrogen-bond donors (Lipinski definition) is 3. The fraction of sp³-hybridized carbons (Fsp3) is 0. The first kappa shape index (κ1) is 11.2. The van der Waals surface area contributed by atoms with Gasteiger partial charge in [-0.1, -0.05) is 18.2 Å². The summed E-state index contributed by atoms with van der Waals surface area (Å²) in [4.78, 5) is 10.3. The largest absolute Gasteiger partial charge is 0.478 e. The Labute approximate surface area is 92.4 Å². The van der Waals surface area contributed by atoms with E-state index < -0.39 is 5.97 Å². The smallest absolute Gasteiger partial charge is 0.328 e. The highest BCUT2D eigenvalue weighted by atomic mass is 32.1. The zero-order chi connectivity index (χ0) is 11.3. The van der Waals surface area contributed by atoms with Crippen molar-refractivity contribution in [2.45, 2.75) is 0 Å². The van der Waals surface area contributed by atoms with E-state index in [0.29, 0.717) is 11.3 Å². The van der Waals surface area contributed by atoms with Crippen molar-refractivity contribution in [2.75, 3.05) is 5.32 Å². The topological polar surface area (TPSA) is 75.3 Å². The van der Waals surface area contributed by atoms with Crippen molar-refractivity contribution in [3.8, 4) is 0 Å². The summed E-state index contributed by atoms with van der Waals surface area (Å²) in [7, 11) is 0. The lowest BCUT2D eigenvalue weighted by Gasteiger charge is -2.06. The number of nitrogens with two attached hydrogens (primary N) is 1.